The highest BCUT2D eigenvalue weighted by Crippen LogP contribution is 2.29. The number of aromatic nitrogens is 4. The van der Waals surface area contributed by atoms with Crippen LogP contribution in [0.4, 0.5) is 0 Å². The van der Waals surface area contributed by atoms with Gasteiger partial charge in [0.15, 0.2) is 0 Å². The maximum atomic E-state index is 6.10. The molecule has 1 aliphatic heterocycles. The Morgan fingerprint density at radius 3 is 2.88 bits per heavy atom. The van der Waals surface area contributed by atoms with Gasteiger partial charge < -0.3 is 4.57 Å². The first-order chi connectivity index (χ1) is 11.7. The van der Waals surface area contributed by atoms with Crippen LogP contribution < -0.4 is 0 Å². The number of rotatable bonds is 3. The molecule has 2 aromatic heterocycles. The molecule has 3 heterocycles. The molecule has 4 rings (SSSR count). The lowest BCUT2D eigenvalue weighted by Crippen LogP contribution is -2.06. The fourth-order valence-electron chi connectivity index (χ4n) is 2.99. The summed E-state index contributed by atoms with van der Waals surface area (Å²) in [7, 11) is 0. The second kappa shape index (κ2) is 6.82. The van der Waals surface area contributed by atoms with Crippen LogP contribution in [-0.2, 0) is 19.4 Å². The molecule has 0 fully saturated rings. The number of thiazole rings is 1. The molecular formula is C17H16Cl2N4S. The van der Waals surface area contributed by atoms with Gasteiger partial charge in [0.25, 0.3) is 0 Å². The molecule has 3 aromatic rings. The van der Waals surface area contributed by atoms with Crippen molar-refractivity contribution in [1.82, 2.24) is 19.7 Å². The van der Waals surface area contributed by atoms with E-state index in [-0.39, 0.29) is 0 Å². The number of benzene rings is 1. The third-order valence-electron chi connectivity index (χ3n) is 4.26. The minimum Gasteiger partial charge on any atom is -0.315 e. The summed E-state index contributed by atoms with van der Waals surface area (Å²) in [5, 5.41) is 12.9. The summed E-state index contributed by atoms with van der Waals surface area (Å²) >= 11 is 13.7. The Labute approximate surface area is 154 Å². The van der Waals surface area contributed by atoms with Crippen LogP contribution in [0.25, 0.3) is 11.3 Å². The van der Waals surface area contributed by atoms with Gasteiger partial charge in [-0.1, -0.05) is 35.7 Å². The van der Waals surface area contributed by atoms with Gasteiger partial charge in [0.05, 0.1) is 22.2 Å². The first kappa shape index (κ1) is 16.1. The van der Waals surface area contributed by atoms with Crippen molar-refractivity contribution in [3.63, 3.8) is 0 Å². The summed E-state index contributed by atoms with van der Waals surface area (Å²) in [5.41, 5.74) is 1.90. The summed E-state index contributed by atoms with van der Waals surface area (Å²) in [6.07, 6.45) is 5.42. The SMILES string of the molecule is Clc1ccc(-c2csc(Cc3nnc4n3CCCCC4)n2)cc1Cl. The van der Waals surface area contributed by atoms with E-state index in [4.69, 9.17) is 28.2 Å². The quantitative estimate of drug-likeness (QED) is 0.641. The molecule has 24 heavy (non-hydrogen) atoms. The van der Waals surface area contributed by atoms with Crippen LogP contribution in [-0.4, -0.2) is 19.7 Å². The molecule has 1 aliphatic rings. The molecule has 0 saturated heterocycles. The number of hydrogen-bond acceptors (Lipinski definition) is 4. The molecule has 0 spiro atoms. The van der Waals surface area contributed by atoms with Crippen LogP contribution in [0.2, 0.25) is 10.0 Å². The molecule has 0 aliphatic carbocycles. The average molecular weight is 379 g/mol. The second-order valence-electron chi connectivity index (χ2n) is 5.93. The zero-order chi connectivity index (χ0) is 16.5. The van der Waals surface area contributed by atoms with E-state index in [1.165, 1.54) is 19.3 Å². The Morgan fingerprint density at radius 2 is 2.00 bits per heavy atom. The van der Waals surface area contributed by atoms with Gasteiger partial charge in [0.1, 0.15) is 16.7 Å². The molecule has 0 radical (unpaired) electrons. The number of halogens is 2. The summed E-state index contributed by atoms with van der Waals surface area (Å²) in [4.78, 5) is 4.73. The highest BCUT2D eigenvalue weighted by molar-refractivity contribution is 7.10. The monoisotopic (exact) mass is 378 g/mol. The molecule has 0 atom stereocenters. The number of fused-ring (bicyclic) bond motifs is 1. The van der Waals surface area contributed by atoms with E-state index in [2.05, 4.69) is 20.1 Å². The molecule has 0 saturated carbocycles. The van der Waals surface area contributed by atoms with Gasteiger partial charge in [0.2, 0.25) is 0 Å². The third kappa shape index (κ3) is 3.21. The zero-order valence-electron chi connectivity index (χ0n) is 13.0. The Kier molecular flexibility index (Phi) is 4.57. The fraction of sp³-hybridized carbons (Fsp3) is 0.353. The highest BCUT2D eigenvalue weighted by atomic mass is 35.5. The van der Waals surface area contributed by atoms with Crippen molar-refractivity contribution >= 4 is 34.5 Å². The van der Waals surface area contributed by atoms with E-state index in [0.717, 1.165) is 47.3 Å². The Bertz CT molecular complexity index is 871. The normalized spacial score (nSPS) is 14.4. The predicted molar refractivity (Wildman–Crippen MR) is 98.0 cm³/mol. The van der Waals surface area contributed by atoms with E-state index in [1.54, 1.807) is 17.4 Å². The van der Waals surface area contributed by atoms with Gasteiger partial charge in [-0.15, -0.1) is 21.5 Å². The largest absolute Gasteiger partial charge is 0.315 e. The molecule has 7 heteroatoms. The third-order valence-corrected chi connectivity index (χ3v) is 5.85. The highest BCUT2D eigenvalue weighted by Gasteiger charge is 2.16. The summed E-state index contributed by atoms with van der Waals surface area (Å²) < 4.78 is 2.27. The van der Waals surface area contributed by atoms with E-state index in [1.807, 2.05) is 12.1 Å². The fourth-order valence-corrected chi connectivity index (χ4v) is 4.09. The molecule has 0 bridgehead atoms. The van der Waals surface area contributed by atoms with Crippen molar-refractivity contribution in [3.8, 4) is 11.3 Å². The predicted octanol–water partition coefficient (Wildman–Crippen LogP) is 5.03. The number of aryl methyl sites for hydroxylation is 1. The lowest BCUT2D eigenvalue weighted by Gasteiger charge is -2.05. The molecule has 4 nitrogen and oxygen atoms in total. The summed E-state index contributed by atoms with van der Waals surface area (Å²) in [5.74, 6) is 2.13. The van der Waals surface area contributed by atoms with Gasteiger partial charge in [-0.3, -0.25) is 0 Å². The summed E-state index contributed by atoms with van der Waals surface area (Å²) in [6, 6.07) is 5.60. The Morgan fingerprint density at radius 1 is 1.08 bits per heavy atom. The maximum absolute atomic E-state index is 6.10. The molecule has 0 unspecified atom stereocenters. The van der Waals surface area contributed by atoms with Gasteiger partial charge in [-0.2, -0.15) is 0 Å². The average Bonchev–Trinajstić information content (AvgIpc) is 3.12. The second-order valence-corrected chi connectivity index (χ2v) is 7.68. The number of nitrogens with zero attached hydrogens (tertiary/aromatic N) is 4. The van der Waals surface area contributed by atoms with Crippen molar-refractivity contribution in [2.75, 3.05) is 0 Å². The van der Waals surface area contributed by atoms with Crippen molar-refractivity contribution in [1.29, 1.82) is 0 Å². The van der Waals surface area contributed by atoms with Crippen LogP contribution in [0.1, 0.15) is 35.9 Å². The molecule has 124 valence electrons. The molecule has 0 amide bonds. The first-order valence-corrected chi connectivity index (χ1v) is 9.65. The standard InChI is InChI=1S/C17H16Cl2N4S/c18-12-6-5-11(8-13(12)19)14-10-24-17(20-14)9-16-22-21-15-4-2-1-3-7-23(15)16/h5-6,8,10H,1-4,7,9H2. The van der Waals surface area contributed by atoms with Gasteiger partial charge in [-0.25, -0.2) is 4.98 Å². The van der Waals surface area contributed by atoms with Crippen LogP contribution in [0.5, 0.6) is 0 Å². The van der Waals surface area contributed by atoms with Gasteiger partial charge in [0, 0.05) is 23.9 Å². The minimum atomic E-state index is 0.548. The topological polar surface area (TPSA) is 43.6 Å². The smallest absolute Gasteiger partial charge is 0.139 e. The van der Waals surface area contributed by atoms with Crippen molar-refractivity contribution in [2.45, 2.75) is 38.6 Å². The Balaban J connectivity index is 1.57. The minimum absolute atomic E-state index is 0.548. The molecular weight excluding hydrogens is 363 g/mol. The van der Waals surface area contributed by atoms with E-state index >= 15 is 0 Å². The zero-order valence-corrected chi connectivity index (χ0v) is 15.3. The lowest BCUT2D eigenvalue weighted by molar-refractivity contribution is 0.611. The first-order valence-electron chi connectivity index (χ1n) is 8.01. The molecule has 1 aromatic carbocycles. The van der Waals surface area contributed by atoms with Crippen LogP contribution in [0.3, 0.4) is 0 Å². The van der Waals surface area contributed by atoms with Gasteiger partial charge in [-0.05, 0) is 25.0 Å². The van der Waals surface area contributed by atoms with E-state index < -0.39 is 0 Å². The van der Waals surface area contributed by atoms with Crippen LogP contribution in [0.15, 0.2) is 23.6 Å². The van der Waals surface area contributed by atoms with E-state index in [0.29, 0.717) is 10.0 Å². The maximum Gasteiger partial charge on any atom is 0.139 e. The number of hydrogen-bond donors (Lipinski definition) is 0. The van der Waals surface area contributed by atoms with Crippen LogP contribution in [0, 0.1) is 0 Å². The van der Waals surface area contributed by atoms with Crippen molar-refractivity contribution in [2.24, 2.45) is 0 Å². The van der Waals surface area contributed by atoms with Crippen molar-refractivity contribution in [3.05, 3.63) is 50.3 Å². The summed E-state index contributed by atoms with van der Waals surface area (Å²) in [6.45, 7) is 1.02. The van der Waals surface area contributed by atoms with Crippen molar-refractivity contribution < 1.29 is 0 Å². The lowest BCUT2D eigenvalue weighted by atomic mass is 10.2. The Hall–Kier alpha value is -1.43. The van der Waals surface area contributed by atoms with Gasteiger partial charge >= 0.3 is 0 Å². The van der Waals surface area contributed by atoms with Crippen LogP contribution >= 0.6 is 34.5 Å². The molecule has 0 N–H and O–H groups in total. The van der Waals surface area contributed by atoms with E-state index in [9.17, 15) is 0 Å².